The summed E-state index contributed by atoms with van der Waals surface area (Å²) in [4.78, 5) is 28.6. The maximum Gasteiger partial charge on any atom is 0.256 e. The van der Waals surface area contributed by atoms with Crippen molar-refractivity contribution in [3.05, 3.63) is 75.6 Å². The minimum atomic E-state index is -0.827. The minimum absolute atomic E-state index is 0.0310. The molecule has 3 N–H and O–H groups in total. The van der Waals surface area contributed by atoms with E-state index in [1.165, 1.54) is 29.9 Å². The summed E-state index contributed by atoms with van der Waals surface area (Å²) in [7, 11) is 1.45. The summed E-state index contributed by atoms with van der Waals surface area (Å²) in [5, 5.41) is 2.79. The van der Waals surface area contributed by atoms with Crippen LogP contribution in [0.25, 0.3) is 0 Å². The fourth-order valence-corrected chi connectivity index (χ4v) is 2.70. The summed E-state index contributed by atoms with van der Waals surface area (Å²) in [6, 6.07) is 8.95. The van der Waals surface area contributed by atoms with Gasteiger partial charge in [-0.05, 0) is 37.6 Å². The molecule has 1 amide bonds. The van der Waals surface area contributed by atoms with Gasteiger partial charge in [0.25, 0.3) is 11.5 Å². The van der Waals surface area contributed by atoms with E-state index in [-0.39, 0.29) is 22.8 Å². The van der Waals surface area contributed by atoms with Crippen LogP contribution in [-0.2, 0) is 7.05 Å². The molecule has 0 aliphatic carbocycles. The van der Waals surface area contributed by atoms with Crippen molar-refractivity contribution in [1.82, 2.24) is 9.55 Å². The van der Waals surface area contributed by atoms with Crippen molar-refractivity contribution in [3.63, 3.8) is 0 Å². The quantitative estimate of drug-likeness (QED) is 0.706. The molecule has 8 heteroatoms. The number of carbonyl (C=O) groups excluding carboxylic acids is 1. The smallest absolute Gasteiger partial charge is 0.256 e. The number of nitrogens with two attached hydrogens (primary N) is 1. The van der Waals surface area contributed by atoms with Gasteiger partial charge in [0.2, 0.25) is 0 Å². The molecule has 0 fully saturated rings. The molecule has 0 unspecified atom stereocenters. The molecule has 144 valence electrons. The number of carbonyl (C=O) groups is 1. The van der Waals surface area contributed by atoms with Crippen LogP contribution in [0.15, 0.2) is 47.4 Å². The highest BCUT2D eigenvalue weighted by Gasteiger charge is 2.21. The van der Waals surface area contributed by atoms with E-state index >= 15 is 0 Å². The zero-order valence-electron chi connectivity index (χ0n) is 15.6. The topological polar surface area (TPSA) is 99.2 Å². The number of rotatable bonds is 5. The van der Waals surface area contributed by atoms with Gasteiger partial charge < -0.3 is 15.8 Å². The molecule has 1 aromatic carbocycles. The number of anilines is 2. The van der Waals surface area contributed by atoms with Crippen LogP contribution in [0.5, 0.6) is 11.5 Å². The molecule has 0 spiro atoms. The van der Waals surface area contributed by atoms with E-state index in [0.717, 1.165) is 11.6 Å². The van der Waals surface area contributed by atoms with E-state index in [9.17, 15) is 14.0 Å². The zero-order chi connectivity index (χ0) is 20.4. The average Bonchev–Trinajstić information content (AvgIpc) is 2.61. The molecule has 0 atom stereocenters. The van der Waals surface area contributed by atoms with Gasteiger partial charge in [0.1, 0.15) is 28.7 Å². The Hall–Kier alpha value is -3.68. The third-order valence-corrected chi connectivity index (χ3v) is 4.12. The SMILES string of the molecule is Cc1ccc(Nc2c(C(N)=O)c(Oc3ccnc(C)c3)cc(=O)n2C)c(F)c1. The van der Waals surface area contributed by atoms with Gasteiger partial charge in [0.15, 0.2) is 0 Å². The molecule has 2 aromatic heterocycles. The molecule has 3 aromatic rings. The van der Waals surface area contributed by atoms with Crippen molar-refractivity contribution in [2.75, 3.05) is 5.32 Å². The molecule has 0 radical (unpaired) electrons. The molecule has 0 aliphatic heterocycles. The third-order valence-electron chi connectivity index (χ3n) is 4.12. The van der Waals surface area contributed by atoms with Crippen LogP contribution in [0.2, 0.25) is 0 Å². The molecule has 7 nitrogen and oxygen atoms in total. The van der Waals surface area contributed by atoms with Crippen molar-refractivity contribution < 1.29 is 13.9 Å². The van der Waals surface area contributed by atoms with Crippen LogP contribution in [0.1, 0.15) is 21.6 Å². The number of hydrogen-bond donors (Lipinski definition) is 2. The van der Waals surface area contributed by atoms with E-state index in [2.05, 4.69) is 10.3 Å². The maximum atomic E-state index is 14.3. The molecular formula is C20H19FN4O3. The Labute approximate surface area is 160 Å². The molecule has 3 rings (SSSR count). The third kappa shape index (κ3) is 3.85. The number of nitrogens with one attached hydrogen (secondary N) is 1. The number of aryl methyl sites for hydroxylation is 2. The van der Waals surface area contributed by atoms with Gasteiger partial charge in [-0.2, -0.15) is 0 Å². The Kier molecular flexibility index (Phi) is 5.12. The number of pyridine rings is 2. The Balaban J connectivity index is 2.14. The second-order valence-electron chi connectivity index (χ2n) is 6.34. The summed E-state index contributed by atoms with van der Waals surface area (Å²) < 4.78 is 21.2. The van der Waals surface area contributed by atoms with Gasteiger partial charge in [-0.25, -0.2) is 4.39 Å². The van der Waals surface area contributed by atoms with Crippen LogP contribution >= 0.6 is 0 Å². The Morgan fingerprint density at radius 3 is 2.61 bits per heavy atom. The number of halogens is 1. The number of hydrogen-bond acceptors (Lipinski definition) is 5. The number of benzene rings is 1. The first-order valence-electron chi connectivity index (χ1n) is 8.44. The normalized spacial score (nSPS) is 10.6. The van der Waals surface area contributed by atoms with Gasteiger partial charge in [0.05, 0.1) is 5.69 Å². The zero-order valence-corrected chi connectivity index (χ0v) is 15.6. The van der Waals surface area contributed by atoms with Gasteiger partial charge >= 0.3 is 0 Å². The first kappa shape index (κ1) is 19.1. The number of amides is 1. The molecule has 0 bridgehead atoms. The lowest BCUT2D eigenvalue weighted by atomic mass is 10.1. The van der Waals surface area contributed by atoms with Crippen molar-refractivity contribution in [1.29, 1.82) is 0 Å². The van der Waals surface area contributed by atoms with Crippen LogP contribution in [-0.4, -0.2) is 15.5 Å². The van der Waals surface area contributed by atoms with Crippen molar-refractivity contribution in [2.45, 2.75) is 13.8 Å². The van der Waals surface area contributed by atoms with Crippen molar-refractivity contribution >= 4 is 17.4 Å². The standard InChI is InChI=1S/C20H19FN4O3/c1-11-4-5-15(14(21)8-11)24-20-18(19(22)27)16(10-17(26)25(20)3)28-13-6-7-23-12(2)9-13/h4-10,24H,1-3H3,(H2,22,27). The van der Waals surface area contributed by atoms with Crippen LogP contribution in [0, 0.1) is 19.7 Å². The lowest BCUT2D eigenvalue weighted by molar-refractivity contribution is 0.0998. The van der Waals surface area contributed by atoms with E-state index in [0.29, 0.717) is 11.4 Å². The minimum Gasteiger partial charge on any atom is -0.456 e. The predicted octanol–water partition coefficient (Wildman–Crippen LogP) is 3.17. The van der Waals surface area contributed by atoms with Crippen LogP contribution in [0.3, 0.4) is 0 Å². The first-order valence-corrected chi connectivity index (χ1v) is 8.44. The summed E-state index contributed by atoms with van der Waals surface area (Å²) in [5.41, 5.74) is 6.55. The number of aromatic nitrogens is 2. The van der Waals surface area contributed by atoms with E-state index in [1.807, 2.05) is 0 Å². The fourth-order valence-electron chi connectivity index (χ4n) is 2.70. The monoisotopic (exact) mass is 382 g/mol. The van der Waals surface area contributed by atoms with E-state index in [4.69, 9.17) is 10.5 Å². The largest absolute Gasteiger partial charge is 0.456 e. The van der Waals surface area contributed by atoms with E-state index in [1.54, 1.807) is 32.0 Å². The Morgan fingerprint density at radius 1 is 1.21 bits per heavy atom. The lowest BCUT2D eigenvalue weighted by Crippen LogP contribution is -2.25. The summed E-state index contributed by atoms with van der Waals surface area (Å²) >= 11 is 0. The fraction of sp³-hybridized carbons (Fsp3) is 0.150. The van der Waals surface area contributed by atoms with Crippen molar-refractivity contribution in [2.24, 2.45) is 12.8 Å². The highest BCUT2D eigenvalue weighted by Crippen LogP contribution is 2.31. The maximum absolute atomic E-state index is 14.3. The van der Waals surface area contributed by atoms with Gasteiger partial charge in [-0.1, -0.05) is 6.07 Å². The van der Waals surface area contributed by atoms with Crippen LogP contribution in [0.4, 0.5) is 15.9 Å². The Bertz CT molecular complexity index is 1120. The summed E-state index contributed by atoms with van der Waals surface area (Å²) in [5.74, 6) is -0.971. The molecule has 0 saturated heterocycles. The number of primary amides is 1. The van der Waals surface area contributed by atoms with Gasteiger partial charge in [-0.15, -0.1) is 0 Å². The Morgan fingerprint density at radius 2 is 1.96 bits per heavy atom. The molecule has 0 aliphatic rings. The highest BCUT2D eigenvalue weighted by atomic mass is 19.1. The van der Waals surface area contributed by atoms with E-state index < -0.39 is 17.3 Å². The van der Waals surface area contributed by atoms with Crippen LogP contribution < -0.4 is 21.3 Å². The van der Waals surface area contributed by atoms with Gasteiger partial charge in [-0.3, -0.25) is 19.1 Å². The van der Waals surface area contributed by atoms with Crippen molar-refractivity contribution in [3.8, 4) is 11.5 Å². The second kappa shape index (κ2) is 7.51. The summed E-state index contributed by atoms with van der Waals surface area (Å²) in [6.45, 7) is 3.53. The first-order chi connectivity index (χ1) is 13.3. The van der Waals surface area contributed by atoms with Gasteiger partial charge in [0, 0.05) is 31.1 Å². The average molecular weight is 382 g/mol. The molecule has 0 saturated carbocycles. The summed E-state index contributed by atoms with van der Waals surface area (Å²) in [6.07, 6.45) is 1.54. The molecule has 2 heterocycles. The number of nitrogens with zero attached hydrogens (tertiary/aromatic N) is 2. The second-order valence-corrected chi connectivity index (χ2v) is 6.34. The number of ether oxygens (including phenoxy) is 1. The molecule has 28 heavy (non-hydrogen) atoms. The lowest BCUT2D eigenvalue weighted by Gasteiger charge is -2.18. The predicted molar refractivity (Wildman–Crippen MR) is 104 cm³/mol. The molecular weight excluding hydrogens is 363 g/mol. The highest BCUT2D eigenvalue weighted by molar-refractivity contribution is 6.01.